The highest BCUT2D eigenvalue weighted by Crippen LogP contribution is 2.24. The maximum atomic E-state index is 12.8. The number of nitrogens with zero attached hydrogens (tertiary/aromatic N) is 2. The number of hydrogen-bond acceptors (Lipinski definition) is 3. The largest absolute Gasteiger partial charge is 0.480 e. The van der Waals surface area contributed by atoms with Gasteiger partial charge in [-0.25, -0.2) is 4.79 Å². The first-order chi connectivity index (χ1) is 10.1. The predicted molar refractivity (Wildman–Crippen MR) is 77.1 cm³/mol. The Morgan fingerprint density at radius 1 is 1.38 bits per heavy atom. The molecule has 1 fully saturated rings. The van der Waals surface area contributed by atoms with Gasteiger partial charge in [-0.15, -0.1) is 0 Å². The maximum absolute atomic E-state index is 12.8. The van der Waals surface area contributed by atoms with Crippen LogP contribution in [-0.4, -0.2) is 44.7 Å². The summed E-state index contributed by atoms with van der Waals surface area (Å²) in [4.78, 5) is 25.6. The second-order valence-corrected chi connectivity index (χ2v) is 5.50. The zero-order valence-corrected chi connectivity index (χ0v) is 11.8. The third-order valence-electron chi connectivity index (χ3n) is 3.97. The fourth-order valence-corrected chi connectivity index (χ4v) is 2.96. The van der Waals surface area contributed by atoms with Gasteiger partial charge in [-0.3, -0.25) is 9.89 Å². The number of H-pyrrole nitrogens is 1. The predicted octanol–water partition coefficient (Wildman–Crippen LogP) is 1.95. The molecule has 6 nitrogen and oxygen atoms in total. The van der Waals surface area contributed by atoms with E-state index in [9.17, 15) is 14.7 Å². The fraction of sp³-hybridized carbons (Fsp3) is 0.400. The number of likely N-dealkylation sites (tertiary alicyclic amines) is 1. The molecule has 1 aliphatic rings. The molecule has 0 spiro atoms. The minimum atomic E-state index is -0.934. The van der Waals surface area contributed by atoms with Crippen LogP contribution in [0.15, 0.2) is 18.3 Å². The summed E-state index contributed by atoms with van der Waals surface area (Å²) in [5.41, 5.74) is 2.12. The fourth-order valence-electron chi connectivity index (χ4n) is 2.96. The molecule has 2 heterocycles. The van der Waals surface area contributed by atoms with Crippen molar-refractivity contribution in [3.05, 3.63) is 29.5 Å². The van der Waals surface area contributed by atoms with E-state index in [2.05, 4.69) is 10.2 Å². The van der Waals surface area contributed by atoms with E-state index in [0.717, 1.165) is 23.8 Å². The maximum Gasteiger partial charge on any atom is 0.326 e. The third-order valence-corrected chi connectivity index (χ3v) is 3.97. The van der Waals surface area contributed by atoms with E-state index >= 15 is 0 Å². The van der Waals surface area contributed by atoms with Crippen LogP contribution in [0.1, 0.15) is 35.2 Å². The van der Waals surface area contributed by atoms with Crippen LogP contribution >= 0.6 is 0 Å². The van der Waals surface area contributed by atoms with Crippen molar-refractivity contribution in [2.24, 2.45) is 0 Å². The number of aromatic amines is 1. The number of rotatable bonds is 2. The number of aromatic nitrogens is 2. The van der Waals surface area contributed by atoms with Crippen molar-refractivity contribution < 1.29 is 14.7 Å². The Bertz CT molecular complexity index is 707. The lowest BCUT2D eigenvalue weighted by Gasteiger charge is -2.33. The molecule has 1 aromatic heterocycles. The molecule has 1 atom stereocenters. The quantitative estimate of drug-likeness (QED) is 0.884. The van der Waals surface area contributed by atoms with Crippen molar-refractivity contribution in [3.8, 4) is 0 Å². The highest BCUT2D eigenvalue weighted by atomic mass is 16.4. The van der Waals surface area contributed by atoms with Crippen molar-refractivity contribution in [2.75, 3.05) is 6.54 Å². The molecule has 110 valence electrons. The molecule has 0 saturated carbocycles. The van der Waals surface area contributed by atoms with Crippen LogP contribution in [0.25, 0.3) is 10.9 Å². The lowest BCUT2D eigenvalue weighted by molar-refractivity contribution is -0.143. The third kappa shape index (κ3) is 2.37. The minimum absolute atomic E-state index is 0.236. The summed E-state index contributed by atoms with van der Waals surface area (Å²) >= 11 is 0. The van der Waals surface area contributed by atoms with Crippen LogP contribution in [0.4, 0.5) is 0 Å². The van der Waals surface area contributed by atoms with Gasteiger partial charge in [-0.2, -0.15) is 5.10 Å². The lowest BCUT2D eigenvalue weighted by atomic mass is 9.99. The van der Waals surface area contributed by atoms with Gasteiger partial charge >= 0.3 is 5.97 Å². The number of aliphatic carboxylic acids is 1. The average Bonchev–Trinajstić information content (AvgIpc) is 2.93. The number of fused-ring (bicyclic) bond motifs is 1. The molecule has 3 rings (SSSR count). The van der Waals surface area contributed by atoms with Gasteiger partial charge in [-0.1, -0.05) is 0 Å². The van der Waals surface area contributed by atoms with Crippen molar-refractivity contribution in [1.82, 2.24) is 15.1 Å². The number of hydrogen-bond donors (Lipinski definition) is 2. The number of nitrogens with one attached hydrogen (secondary N) is 1. The molecule has 0 bridgehead atoms. The van der Waals surface area contributed by atoms with Gasteiger partial charge in [0.15, 0.2) is 0 Å². The molecule has 1 aliphatic heterocycles. The van der Waals surface area contributed by atoms with Gasteiger partial charge in [0.2, 0.25) is 0 Å². The molecular weight excluding hydrogens is 270 g/mol. The molecule has 0 aliphatic carbocycles. The SMILES string of the molecule is Cc1cc(C(=O)N2CCCC[C@@H]2C(=O)O)c2[nH]ncc2c1. The lowest BCUT2D eigenvalue weighted by Crippen LogP contribution is -2.48. The molecule has 0 unspecified atom stereocenters. The molecule has 0 radical (unpaired) electrons. The van der Waals surface area contributed by atoms with Crippen molar-refractivity contribution in [1.29, 1.82) is 0 Å². The molecule has 21 heavy (non-hydrogen) atoms. The smallest absolute Gasteiger partial charge is 0.326 e. The molecule has 1 saturated heterocycles. The van der Waals surface area contributed by atoms with Crippen LogP contribution < -0.4 is 0 Å². The number of aryl methyl sites for hydroxylation is 1. The number of benzene rings is 1. The Kier molecular flexibility index (Phi) is 3.37. The Hall–Kier alpha value is -2.37. The summed E-state index contributed by atoms with van der Waals surface area (Å²) in [5.74, 6) is -1.17. The van der Waals surface area contributed by atoms with Gasteiger partial charge in [-0.05, 0) is 43.9 Å². The van der Waals surface area contributed by atoms with E-state index in [0.29, 0.717) is 24.0 Å². The Morgan fingerprint density at radius 3 is 2.95 bits per heavy atom. The van der Waals surface area contributed by atoms with Crippen LogP contribution in [-0.2, 0) is 4.79 Å². The summed E-state index contributed by atoms with van der Waals surface area (Å²) in [6.07, 6.45) is 3.87. The Balaban J connectivity index is 2.03. The second kappa shape index (κ2) is 5.20. The number of carbonyl (C=O) groups excluding carboxylic acids is 1. The number of carboxylic acid groups (broad SMARTS) is 1. The second-order valence-electron chi connectivity index (χ2n) is 5.50. The molecule has 2 N–H and O–H groups in total. The highest BCUT2D eigenvalue weighted by Gasteiger charge is 2.33. The van der Waals surface area contributed by atoms with E-state index in [1.54, 1.807) is 12.3 Å². The average molecular weight is 287 g/mol. The van der Waals surface area contributed by atoms with Crippen molar-refractivity contribution in [2.45, 2.75) is 32.2 Å². The topological polar surface area (TPSA) is 86.3 Å². The summed E-state index contributed by atoms with van der Waals surface area (Å²) in [5, 5.41) is 17.0. The van der Waals surface area contributed by atoms with Gasteiger partial charge in [0.25, 0.3) is 5.91 Å². The molecule has 6 heteroatoms. The normalized spacial score (nSPS) is 18.9. The number of carbonyl (C=O) groups is 2. The van der Waals surface area contributed by atoms with Crippen LogP contribution in [0, 0.1) is 6.92 Å². The van der Waals surface area contributed by atoms with Gasteiger partial charge in [0, 0.05) is 11.9 Å². The summed E-state index contributed by atoms with van der Waals surface area (Å²) in [7, 11) is 0. The van der Waals surface area contributed by atoms with E-state index in [1.165, 1.54) is 4.90 Å². The monoisotopic (exact) mass is 287 g/mol. The molecular formula is C15H17N3O3. The molecule has 2 aromatic rings. The van der Waals surface area contributed by atoms with E-state index in [-0.39, 0.29) is 5.91 Å². The first-order valence-electron chi connectivity index (χ1n) is 7.05. The Morgan fingerprint density at radius 2 is 2.19 bits per heavy atom. The Labute approximate surface area is 121 Å². The van der Waals surface area contributed by atoms with E-state index in [1.807, 2.05) is 13.0 Å². The number of carboxylic acids is 1. The van der Waals surface area contributed by atoms with Crippen molar-refractivity contribution in [3.63, 3.8) is 0 Å². The first-order valence-corrected chi connectivity index (χ1v) is 7.05. The van der Waals surface area contributed by atoms with Gasteiger partial charge in [0.1, 0.15) is 6.04 Å². The van der Waals surface area contributed by atoms with Crippen LogP contribution in [0.5, 0.6) is 0 Å². The minimum Gasteiger partial charge on any atom is -0.480 e. The van der Waals surface area contributed by atoms with E-state index in [4.69, 9.17) is 0 Å². The van der Waals surface area contributed by atoms with Crippen LogP contribution in [0.2, 0.25) is 0 Å². The summed E-state index contributed by atoms with van der Waals surface area (Å²) < 4.78 is 0. The van der Waals surface area contributed by atoms with Gasteiger partial charge in [0.05, 0.1) is 17.3 Å². The van der Waals surface area contributed by atoms with Crippen molar-refractivity contribution >= 4 is 22.8 Å². The summed E-state index contributed by atoms with van der Waals surface area (Å²) in [6, 6.07) is 3.00. The zero-order valence-electron chi connectivity index (χ0n) is 11.8. The zero-order chi connectivity index (χ0) is 15.0. The van der Waals surface area contributed by atoms with Crippen LogP contribution in [0.3, 0.4) is 0 Å². The standard InChI is InChI=1S/C15H17N3O3/c1-9-6-10-8-16-17-13(10)11(7-9)14(19)18-5-3-2-4-12(18)15(20)21/h6-8,12H,2-5H2,1H3,(H,16,17)(H,20,21)/t12-/m1/s1. The first kappa shape index (κ1) is 13.6. The van der Waals surface area contributed by atoms with Gasteiger partial charge < -0.3 is 10.0 Å². The van der Waals surface area contributed by atoms with E-state index < -0.39 is 12.0 Å². The molecule has 1 aromatic carbocycles. The number of amides is 1. The number of piperidine rings is 1. The highest BCUT2D eigenvalue weighted by molar-refractivity contribution is 6.06. The molecule has 1 amide bonds. The summed E-state index contributed by atoms with van der Waals surface area (Å²) in [6.45, 7) is 2.40.